The largest absolute Gasteiger partial charge is 0.354 e. The second-order valence-electron chi connectivity index (χ2n) is 4.73. The van der Waals surface area contributed by atoms with E-state index in [0.29, 0.717) is 16.9 Å². The van der Waals surface area contributed by atoms with E-state index >= 15 is 0 Å². The van der Waals surface area contributed by atoms with Crippen molar-refractivity contribution in [1.82, 2.24) is 5.32 Å². The molecule has 2 rings (SSSR count). The maximum atomic E-state index is 13.0. The van der Waals surface area contributed by atoms with Crippen LogP contribution in [0.15, 0.2) is 22.7 Å². The zero-order valence-corrected chi connectivity index (χ0v) is 11.5. The van der Waals surface area contributed by atoms with E-state index in [4.69, 9.17) is 5.73 Å². The Morgan fingerprint density at radius 2 is 2.28 bits per heavy atom. The fraction of sp³-hybridized carbons (Fsp3) is 0.462. The third-order valence-electron chi connectivity index (χ3n) is 3.11. The molecule has 0 aliphatic heterocycles. The number of halogens is 2. The molecule has 1 atom stereocenters. The minimum atomic E-state index is -0.324. The molecule has 3 N–H and O–H groups in total. The van der Waals surface area contributed by atoms with Crippen molar-refractivity contribution in [2.75, 3.05) is 6.54 Å². The molecule has 18 heavy (non-hydrogen) atoms. The average Bonchev–Trinajstić information content (AvgIpc) is 3.15. The monoisotopic (exact) mass is 314 g/mol. The maximum absolute atomic E-state index is 13.0. The van der Waals surface area contributed by atoms with E-state index in [1.54, 1.807) is 12.1 Å². The molecular weight excluding hydrogens is 299 g/mol. The normalized spacial score (nSPS) is 16.4. The lowest BCUT2D eigenvalue weighted by molar-refractivity contribution is -0.120. The Balaban J connectivity index is 1.80. The van der Waals surface area contributed by atoms with Crippen molar-refractivity contribution < 1.29 is 9.18 Å². The van der Waals surface area contributed by atoms with E-state index in [1.165, 1.54) is 18.9 Å². The van der Waals surface area contributed by atoms with Gasteiger partial charge in [0.2, 0.25) is 5.91 Å². The Labute approximate surface area is 114 Å². The zero-order chi connectivity index (χ0) is 13.1. The van der Waals surface area contributed by atoms with Crippen molar-refractivity contribution in [3.8, 4) is 0 Å². The van der Waals surface area contributed by atoms with Crippen LogP contribution in [0.25, 0.3) is 0 Å². The van der Waals surface area contributed by atoms with E-state index < -0.39 is 0 Å². The minimum absolute atomic E-state index is 0.0638. The first kappa shape index (κ1) is 13.5. The molecule has 98 valence electrons. The standard InChI is InChI=1S/C13H16BrFN2O/c14-10-5-8(1-4-11(10)15)6-13(18)17-7-12(16)9-2-3-9/h1,4-5,9,12H,2-3,6-7,16H2,(H,17,18). The number of carbonyl (C=O) groups is 1. The van der Waals surface area contributed by atoms with Gasteiger partial charge in [0.15, 0.2) is 0 Å². The summed E-state index contributed by atoms with van der Waals surface area (Å²) in [6, 6.07) is 4.65. The third-order valence-corrected chi connectivity index (χ3v) is 3.72. The smallest absolute Gasteiger partial charge is 0.224 e. The molecule has 1 fully saturated rings. The highest BCUT2D eigenvalue weighted by Gasteiger charge is 2.28. The number of benzene rings is 1. The molecule has 0 saturated heterocycles. The fourth-order valence-corrected chi connectivity index (χ4v) is 2.25. The van der Waals surface area contributed by atoms with Gasteiger partial charge in [-0.1, -0.05) is 6.07 Å². The number of hydrogen-bond acceptors (Lipinski definition) is 2. The first-order valence-corrected chi connectivity index (χ1v) is 6.82. The van der Waals surface area contributed by atoms with Crippen molar-refractivity contribution in [2.24, 2.45) is 11.7 Å². The first-order chi connectivity index (χ1) is 8.56. The summed E-state index contributed by atoms with van der Waals surface area (Å²) in [5.74, 6) is 0.171. The predicted octanol–water partition coefficient (Wildman–Crippen LogP) is 1.98. The molecule has 1 unspecified atom stereocenters. The van der Waals surface area contributed by atoms with Gasteiger partial charge in [0.1, 0.15) is 5.82 Å². The van der Waals surface area contributed by atoms with Crippen molar-refractivity contribution in [3.63, 3.8) is 0 Å². The lowest BCUT2D eigenvalue weighted by atomic mass is 10.1. The molecule has 3 nitrogen and oxygen atoms in total. The molecule has 0 spiro atoms. The van der Waals surface area contributed by atoms with Gasteiger partial charge in [-0.2, -0.15) is 0 Å². The van der Waals surface area contributed by atoms with Gasteiger partial charge in [0.25, 0.3) is 0 Å². The summed E-state index contributed by atoms with van der Waals surface area (Å²) >= 11 is 3.10. The second-order valence-corrected chi connectivity index (χ2v) is 5.58. The molecular formula is C13H16BrFN2O. The summed E-state index contributed by atoms with van der Waals surface area (Å²) in [5.41, 5.74) is 6.67. The second kappa shape index (κ2) is 5.80. The number of carbonyl (C=O) groups excluding carboxylic acids is 1. The van der Waals surface area contributed by atoms with Gasteiger partial charge in [-0.25, -0.2) is 4.39 Å². The van der Waals surface area contributed by atoms with Crippen molar-refractivity contribution in [2.45, 2.75) is 25.3 Å². The van der Waals surface area contributed by atoms with Crippen LogP contribution in [0.5, 0.6) is 0 Å². The van der Waals surface area contributed by atoms with E-state index in [0.717, 1.165) is 5.56 Å². The number of amides is 1. The van der Waals surface area contributed by atoms with E-state index in [2.05, 4.69) is 21.2 Å². The highest BCUT2D eigenvalue weighted by molar-refractivity contribution is 9.10. The first-order valence-electron chi connectivity index (χ1n) is 6.02. The molecule has 0 heterocycles. The topological polar surface area (TPSA) is 55.1 Å². The van der Waals surface area contributed by atoms with Gasteiger partial charge in [-0.05, 0) is 52.4 Å². The van der Waals surface area contributed by atoms with Gasteiger partial charge < -0.3 is 11.1 Å². The van der Waals surface area contributed by atoms with Gasteiger partial charge in [0.05, 0.1) is 10.9 Å². The Morgan fingerprint density at radius 3 is 2.89 bits per heavy atom. The van der Waals surface area contributed by atoms with Gasteiger partial charge >= 0.3 is 0 Å². The van der Waals surface area contributed by atoms with Crippen molar-refractivity contribution in [1.29, 1.82) is 0 Å². The van der Waals surface area contributed by atoms with Gasteiger partial charge in [-0.15, -0.1) is 0 Å². The molecule has 1 aromatic carbocycles. The third kappa shape index (κ3) is 3.78. The minimum Gasteiger partial charge on any atom is -0.354 e. The summed E-state index contributed by atoms with van der Waals surface area (Å²) in [6.07, 6.45) is 2.58. The van der Waals surface area contributed by atoms with Gasteiger partial charge in [0, 0.05) is 12.6 Å². The lowest BCUT2D eigenvalue weighted by Gasteiger charge is -2.11. The lowest BCUT2D eigenvalue weighted by Crippen LogP contribution is -2.39. The van der Waals surface area contributed by atoms with E-state index in [1.807, 2.05) is 0 Å². The van der Waals surface area contributed by atoms with E-state index in [-0.39, 0.29) is 24.2 Å². The Hall–Kier alpha value is -0.940. The fourth-order valence-electron chi connectivity index (χ4n) is 1.82. The highest BCUT2D eigenvalue weighted by atomic mass is 79.9. The molecule has 0 aromatic heterocycles. The number of nitrogens with two attached hydrogens (primary N) is 1. The van der Waals surface area contributed by atoms with Crippen LogP contribution in [-0.2, 0) is 11.2 Å². The van der Waals surface area contributed by atoms with Crippen LogP contribution >= 0.6 is 15.9 Å². The maximum Gasteiger partial charge on any atom is 0.224 e. The number of nitrogens with one attached hydrogen (secondary N) is 1. The Kier molecular flexibility index (Phi) is 4.35. The highest BCUT2D eigenvalue weighted by Crippen LogP contribution is 2.31. The number of hydrogen-bond donors (Lipinski definition) is 2. The zero-order valence-electron chi connectivity index (χ0n) is 9.96. The number of rotatable bonds is 5. The SMILES string of the molecule is NC(CNC(=O)Cc1ccc(F)c(Br)c1)C1CC1. The van der Waals surface area contributed by atoms with Gasteiger partial charge in [-0.3, -0.25) is 4.79 Å². The summed E-state index contributed by atoms with van der Waals surface area (Å²) in [5, 5.41) is 2.81. The molecule has 1 aromatic rings. The quantitative estimate of drug-likeness (QED) is 0.873. The molecule has 0 bridgehead atoms. The van der Waals surface area contributed by atoms with Crippen LogP contribution in [0.4, 0.5) is 4.39 Å². The van der Waals surface area contributed by atoms with Crippen LogP contribution in [0.2, 0.25) is 0 Å². The van der Waals surface area contributed by atoms with Crippen molar-refractivity contribution in [3.05, 3.63) is 34.1 Å². The molecule has 1 aliphatic carbocycles. The van der Waals surface area contributed by atoms with Crippen LogP contribution in [0.1, 0.15) is 18.4 Å². The average molecular weight is 315 g/mol. The van der Waals surface area contributed by atoms with E-state index in [9.17, 15) is 9.18 Å². The van der Waals surface area contributed by atoms with Crippen LogP contribution in [0, 0.1) is 11.7 Å². The van der Waals surface area contributed by atoms with Crippen LogP contribution in [0.3, 0.4) is 0 Å². The predicted molar refractivity (Wildman–Crippen MR) is 71.5 cm³/mol. The molecule has 1 saturated carbocycles. The Bertz CT molecular complexity index is 449. The molecule has 5 heteroatoms. The molecule has 1 amide bonds. The summed E-state index contributed by atoms with van der Waals surface area (Å²) < 4.78 is 13.4. The Morgan fingerprint density at radius 1 is 1.56 bits per heavy atom. The van der Waals surface area contributed by atoms with Crippen LogP contribution in [-0.4, -0.2) is 18.5 Å². The molecule has 0 radical (unpaired) electrons. The summed E-state index contributed by atoms with van der Waals surface area (Å²) in [6.45, 7) is 0.520. The van der Waals surface area contributed by atoms with Crippen molar-refractivity contribution >= 4 is 21.8 Å². The summed E-state index contributed by atoms with van der Waals surface area (Å²) in [7, 11) is 0. The summed E-state index contributed by atoms with van der Waals surface area (Å²) in [4.78, 5) is 11.7. The van der Waals surface area contributed by atoms with Crippen LogP contribution < -0.4 is 11.1 Å². The molecule has 1 aliphatic rings.